The number of carboxylic acids is 1. The maximum atomic E-state index is 10.9. The number of fused-ring (bicyclic) bond motifs is 3. The van der Waals surface area contributed by atoms with Gasteiger partial charge >= 0.3 is 5.97 Å². The van der Waals surface area contributed by atoms with Gasteiger partial charge < -0.3 is 5.11 Å². The maximum Gasteiger partial charge on any atom is 0.303 e. The van der Waals surface area contributed by atoms with Crippen molar-refractivity contribution in [3.63, 3.8) is 0 Å². The molecule has 2 aromatic heterocycles. The van der Waals surface area contributed by atoms with Gasteiger partial charge in [-0.3, -0.25) is 4.79 Å². The van der Waals surface area contributed by atoms with Crippen molar-refractivity contribution in [2.24, 2.45) is 5.92 Å². The van der Waals surface area contributed by atoms with Crippen molar-refractivity contribution < 1.29 is 9.90 Å². The Morgan fingerprint density at radius 1 is 1.21 bits per heavy atom. The largest absolute Gasteiger partial charge is 0.481 e. The molecule has 1 N–H and O–H groups in total. The van der Waals surface area contributed by atoms with Crippen LogP contribution in [0.2, 0.25) is 5.15 Å². The van der Waals surface area contributed by atoms with Crippen LogP contribution in [0.1, 0.15) is 43.8 Å². The van der Waals surface area contributed by atoms with E-state index in [2.05, 4.69) is 17.1 Å². The Morgan fingerprint density at radius 2 is 1.96 bits per heavy atom. The number of benzene rings is 1. The predicted octanol–water partition coefficient (Wildman–Crippen LogP) is 5.25. The molecule has 2 heterocycles. The highest BCUT2D eigenvalue weighted by atomic mass is 35.5. The van der Waals surface area contributed by atoms with Crippen LogP contribution in [0.5, 0.6) is 0 Å². The summed E-state index contributed by atoms with van der Waals surface area (Å²) in [5, 5.41) is 11.5. The van der Waals surface area contributed by atoms with E-state index in [-0.39, 0.29) is 18.3 Å². The topological polar surface area (TPSA) is 63.1 Å². The molecule has 0 aliphatic heterocycles. The summed E-state index contributed by atoms with van der Waals surface area (Å²) in [5.74, 6) is 0.668. The molecular weight excluding hydrogens is 344 g/mol. The van der Waals surface area contributed by atoms with Gasteiger partial charge in [-0.25, -0.2) is 9.97 Å². The van der Waals surface area contributed by atoms with Crippen LogP contribution in [-0.4, -0.2) is 21.0 Å². The molecule has 124 valence electrons. The van der Waals surface area contributed by atoms with E-state index in [1.54, 1.807) is 11.3 Å². The second-order valence-corrected chi connectivity index (χ2v) is 7.86. The molecule has 1 aliphatic rings. The summed E-state index contributed by atoms with van der Waals surface area (Å²) in [6.45, 7) is 0. The fourth-order valence-electron chi connectivity index (χ4n) is 3.65. The van der Waals surface area contributed by atoms with Crippen molar-refractivity contribution in [3.8, 4) is 0 Å². The normalized spacial score (nSPS) is 21.4. The van der Waals surface area contributed by atoms with Crippen molar-refractivity contribution in [1.29, 1.82) is 0 Å². The Balaban J connectivity index is 1.64. The fourth-order valence-corrected chi connectivity index (χ4v) is 5.07. The Labute approximate surface area is 148 Å². The lowest BCUT2D eigenvalue weighted by Crippen LogP contribution is -2.17. The number of carboxylic acid groups (broad SMARTS) is 1. The molecule has 0 radical (unpaired) electrons. The van der Waals surface area contributed by atoms with E-state index >= 15 is 0 Å². The number of aliphatic carboxylic acids is 1. The Bertz CT molecular complexity index is 916. The van der Waals surface area contributed by atoms with Crippen LogP contribution in [0, 0.1) is 5.92 Å². The van der Waals surface area contributed by atoms with Gasteiger partial charge in [0.2, 0.25) is 0 Å². The third-order valence-electron chi connectivity index (χ3n) is 4.89. The van der Waals surface area contributed by atoms with Crippen LogP contribution in [0.15, 0.2) is 24.3 Å². The first-order chi connectivity index (χ1) is 11.6. The molecule has 1 aromatic carbocycles. The van der Waals surface area contributed by atoms with Crippen molar-refractivity contribution in [1.82, 2.24) is 9.97 Å². The number of thiophene rings is 1. The first kappa shape index (κ1) is 15.8. The third-order valence-corrected chi connectivity index (χ3v) is 6.23. The second kappa shape index (κ2) is 6.30. The molecule has 1 fully saturated rings. The molecule has 6 heteroatoms. The smallest absolute Gasteiger partial charge is 0.303 e. The quantitative estimate of drug-likeness (QED) is 0.648. The van der Waals surface area contributed by atoms with Gasteiger partial charge in [0, 0.05) is 22.4 Å². The minimum absolute atomic E-state index is 0.268. The molecule has 1 aliphatic carbocycles. The first-order valence-electron chi connectivity index (χ1n) is 8.18. The molecule has 3 aromatic rings. The van der Waals surface area contributed by atoms with E-state index in [0.29, 0.717) is 5.15 Å². The molecule has 1 saturated carbocycles. The average molecular weight is 361 g/mol. The van der Waals surface area contributed by atoms with Gasteiger partial charge in [-0.05, 0) is 37.7 Å². The minimum atomic E-state index is -0.704. The Morgan fingerprint density at radius 3 is 2.71 bits per heavy atom. The summed E-state index contributed by atoms with van der Waals surface area (Å²) < 4.78 is 1.17. The summed E-state index contributed by atoms with van der Waals surface area (Å²) in [7, 11) is 0. The Kier molecular flexibility index (Phi) is 4.14. The van der Waals surface area contributed by atoms with Crippen molar-refractivity contribution in [2.45, 2.75) is 38.0 Å². The highest BCUT2D eigenvalue weighted by Gasteiger charge is 2.26. The van der Waals surface area contributed by atoms with Crippen molar-refractivity contribution in [2.75, 3.05) is 0 Å². The second-order valence-electron chi connectivity index (χ2n) is 6.47. The molecule has 0 atom stereocenters. The summed E-state index contributed by atoms with van der Waals surface area (Å²) in [6.07, 6.45) is 3.98. The molecule has 0 saturated heterocycles. The van der Waals surface area contributed by atoms with Gasteiger partial charge in [-0.15, -0.1) is 11.3 Å². The highest BCUT2D eigenvalue weighted by molar-refractivity contribution is 7.25. The van der Waals surface area contributed by atoms with Crippen LogP contribution >= 0.6 is 22.9 Å². The van der Waals surface area contributed by atoms with Crippen LogP contribution < -0.4 is 0 Å². The lowest BCUT2D eigenvalue weighted by molar-refractivity contribution is -0.138. The predicted molar refractivity (Wildman–Crippen MR) is 96.9 cm³/mol. The van der Waals surface area contributed by atoms with E-state index in [0.717, 1.165) is 47.1 Å². The van der Waals surface area contributed by atoms with E-state index < -0.39 is 5.97 Å². The van der Waals surface area contributed by atoms with Crippen LogP contribution in [-0.2, 0) is 4.79 Å². The number of hydrogen-bond acceptors (Lipinski definition) is 4. The van der Waals surface area contributed by atoms with Crippen molar-refractivity contribution in [3.05, 3.63) is 35.2 Å². The number of aromatic nitrogens is 2. The zero-order valence-corrected chi connectivity index (χ0v) is 14.6. The summed E-state index contributed by atoms with van der Waals surface area (Å²) in [5.41, 5.74) is 0. The van der Waals surface area contributed by atoms with E-state index in [1.165, 1.54) is 4.70 Å². The maximum absolute atomic E-state index is 10.9. The number of rotatable bonds is 3. The van der Waals surface area contributed by atoms with Crippen LogP contribution in [0.25, 0.3) is 20.3 Å². The highest BCUT2D eigenvalue weighted by Crippen LogP contribution is 2.40. The summed E-state index contributed by atoms with van der Waals surface area (Å²) in [6, 6.07) is 8.15. The van der Waals surface area contributed by atoms with Gasteiger partial charge in [-0.1, -0.05) is 29.8 Å². The van der Waals surface area contributed by atoms with Crippen molar-refractivity contribution >= 4 is 49.2 Å². The number of halogens is 1. The molecular formula is C18H17ClN2O2S. The Hall–Kier alpha value is -1.72. The lowest BCUT2D eigenvalue weighted by atomic mass is 9.80. The SMILES string of the molecule is O=C(O)CC1CCC(c2nc(Cl)c3c(n2)sc2ccccc23)CC1. The monoisotopic (exact) mass is 360 g/mol. The summed E-state index contributed by atoms with van der Waals surface area (Å²) >= 11 is 8.13. The van der Waals surface area contributed by atoms with E-state index in [1.807, 2.05) is 12.1 Å². The molecule has 0 spiro atoms. The molecule has 0 bridgehead atoms. The average Bonchev–Trinajstić information content (AvgIpc) is 2.93. The number of nitrogens with zero attached hydrogens (tertiary/aromatic N) is 2. The van der Waals surface area contributed by atoms with Gasteiger partial charge in [0.1, 0.15) is 15.8 Å². The van der Waals surface area contributed by atoms with Crippen LogP contribution in [0.3, 0.4) is 0 Å². The van der Waals surface area contributed by atoms with E-state index in [4.69, 9.17) is 21.7 Å². The first-order valence-corrected chi connectivity index (χ1v) is 9.37. The van der Waals surface area contributed by atoms with Crippen LogP contribution in [0.4, 0.5) is 0 Å². The fraction of sp³-hybridized carbons (Fsp3) is 0.389. The standard InChI is InChI=1S/C18H17ClN2O2S/c19-16-15-12-3-1-2-4-13(12)24-18(15)21-17(20-16)11-7-5-10(6-8-11)9-14(22)23/h1-4,10-11H,5-9H2,(H,22,23). The van der Waals surface area contributed by atoms with E-state index in [9.17, 15) is 4.79 Å². The number of carbonyl (C=O) groups is 1. The van der Waals surface area contributed by atoms with Gasteiger partial charge in [-0.2, -0.15) is 0 Å². The molecule has 24 heavy (non-hydrogen) atoms. The van der Waals surface area contributed by atoms with Gasteiger partial charge in [0.05, 0.1) is 5.39 Å². The molecule has 4 rings (SSSR count). The zero-order chi connectivity index (χ0) is 16.7. The van der Waals surface area contributed by atoms with Gasteiger partial charge in [0.15, 0.2) is 0 Å². The molecule has 0 unspecified atom stereocenters. The van der Waals surface area contributed by atoms with Gasteiger partial charge in [0.25, 0.3) is 0 Å². The third kappa shape index (κ3) is 2.87. The summed E-state index contributed by atoms with van der Waals surface area (Å²) in [4.78, 5) is 21.2. The molecule has 4 nitrogen and oxygen atoms in total. The molecule has 0 amide bonds. The number of hydrogen-bond donors (Lipinski definition) is 1. The lowest BCUT2D eigenvalue weighted by Gasteiger charge is -2.26. The zero-order valence-electron chi connectivity index (χ0n) is 13.0. The minimum Gasteiger partial charge on any atom is -0.481 e.